The van der Waals surface area contributed by atoms with Gasteiger partial charge in [0.2, 0.25) is 0 Å². The lowest BCUT2D eigenvalue weighted by Crippen LogP contribution is -2.11. The average molecular weight is 179 g/mol. The molecule has 0 amide bonds. The minimum Gasteiger partial charge on any atom is -0.198 e. The fraction of sp³-hybridized carbons (Fsp3) is 0.917. The third-order valence-corrected chi connectivity index (χ3v) is 3.42. The second kappa shape index (κ2) is 5.27. The van der Waals surface area contributed by atoms with Gasteiger partial charge in [-0.05, 0) is 24.2 Å². The molecule has 74 valence electrons. The summed E-state index contributed by atoms with van der Waals surface area (Å²) in [6.45, 7) is 4.57. The van der Waals surface area contributed by atoms with Crippen LogP contribution in [0.5, 0.6) is 0 Å². The van der Waals surface area contributed by atoms with Crippen LogP contribution in [0, 0.1) is 29.1 Å². The van der Waals surface area contributed by atoms with Crippen LogP contribution < -0.4 is 0 Å². The molecule has 0 aromatic carbocycles. The standard InChI is InChI=1S/C12H21N/c1-10(7-8-13)9-11(2)12-5-3-4-6-12/h10-12H,3-7,9H2,1-2H3. The highest BCUT2D eigenvalue weighted by molar-refractivity contribution is 4.78. The van der Waals surface area contributed by atoms with E-state index in [2.05, 4.69) is 19.9 Å². The predicted octanol–water partition coefficient (Wildman–Crippen LogP) is 3.75. The first-order valence-electron chi connectivity index (χ1n) is 5.61. The van der Waals surface area contributed by atoms with Crippen molar-refractivity contribution < 1.29 is 0 Å². The SMILES string of the molecule is CC(CC#N)CC(C)C1CCCC1. The molecule has 1 rings (SSSR count). The van der Waals surface area contributed by atoms with Crippen molar-refractivity contribution in [1.29, 1.82) is 5.26 Å². The molecule has 0 aliphatic heterocycles. The van der Waals surface area contributed by atoms with Gasteiger partial charge in [0.1, 0.15) is 0 Å². The normalized spacial score (nSPS) is 22.5. The van der Waals surface area contributed by atoms with Crippen molar-refractivity contribution in [2.75, 3.05) is 0 Å². The van der Waals surface area contributed by atoms with Gasteiger partial charge in [-0.15, -0.1) is 0 Å². The van der Waals surface area contributed by atoms with Gasteiger partial charge in [-0.3, -0.25) is 0 Å². The molecule has 0 N–H and O–H groups in total. The molecule has 0 radical (unpaired) electrons. The number of nitrogens with zero attached hydrogens (tertiary/aromatic N) is 1. The summed E-state index contributed by atoms with van der Waals surface area (Å²) in [5.74, 6) is 2.40. The summed E-state index contributed by atoms with van der Waals surface area (Å²) in [4.78, 5) is 0. The van der Waals surface area contributed by atoms with Gasteiger partial charge in [0, 0.05) is 6.42 Å². The van der Waals surface area contributed by atoms with E-state index in [0.29, 0.717) is 5.92 Å². The maximum atomic E-state index is 8.56. The molecule has 0 bridgehead atoms. The molecule has 1 heteroatoms. The van der Waals surface area contributed by atoms with Crippen LogP contribution in [0.2, 0.25) is 0 Å². The maximum absolute atomic E-state index is 8.56. The van der Waals surface area contributed by atoms with Crippen molar-refractivity contribution in [2.45, 2.75) is 52.4 Å². The second-order valence-corrected chi connectivity index (χ2v) is 4.72. The molecule has 2 unspecified atom stereocenters. The fourth-order valence-electron chi connectivity index (χ4n) is 2.59. The fourth-order valence-corrected chi connectivity index (χ4v) is 2.59. The van der Waals surface area contributed by atoms with E-state index < -0.39 is 0 Å². The highest BCUT2D eigenvalue weighted by Crippen LogP contribution is 2.34. The molecule has 0 saturated heterocycles. The van der Waals surface area contributed by atoms with Crippen LogP contribution in [0.15, 0.2) is 0 Å². The van der Waals surface area contributed by atoms with Gasteiger partial charge in [0.05, 0.1) is 6.07 Å². The summed E-state index contributed by atoms with van der Waals surface area (Å²) in [6, 6.07) is 2.26. The van der Waals surface area contributed by atoms with E-state index in [0.717, 1.165) is 18.3 Å². The summed E-state index contributed by atoms with van der Waals surface area (Å²) < 4.78 is 0. The molecule has 1 aliphatic rings. The predicted molar refractivity (Wildman–Crippen MR) is 55.1 cm³/mol. The van der Waals surface area contributed by atoms with Crippen LogP contribution in [0.25, 0.3) is 0 Å². The topological polar surface area (TPSA) is 23.8 Å². The third-order valence-electron chi connectivity index (χ3n) is 3.42. The zero-order valence-corrected chi connectivity index (χ0v) is 8.92. The first kappa shape index (κ1) is 10.6. The Balaban J connectivity index is 2.23. The zero-order valence-electron chi connectivity index (χ0n) is 8.92. The minimum atomic E-state index is 0.598. The zero-order chi connectivity index (χ0) is 9.68. The molecule has 1 nitrogen and oxygen atoms in total. The Labute approximate surface area is 82.1 Å². The minimum absolute atomic E-state index is 0.598. The maximum Gasteiger partial charge on any atom is 0.0624 e. The Bertz CT molecular complexity index is 174. The number of hydrogen-bond donors (Lipinski definition) is 0. The Hall–Kier alpha value is -0.510. The van der Waals surface area contributed by atoms with Crippen LogP contribution in [0.3, 0.4) is 0 Å². The first-order valence-corrected chi connectivity index (χ1v) is 5.61. The molecule has 1 fully saturated rings. The lowest BCUT2D eigenvalue weighted by atomic mass is 9.84. The average Bonchev–Trinajstić information content (AvgIpc) is 2.55. The van der Waals surface area contributed by atoms with Crippen molar-refractivity contribution in [3.05, 3.63) is 0 Å². The number of rotatable bonds is 4. The molecule has 0 aromatic heterocycles. The van der Waals surface area contributed by atoms with Crippen molar-refractivity contribution >= 4 is 0 Å². The largest absolute Gasteiger partial charge is 0.198 e. The van der Waals surface area contributed by atoms with E-state index in [1.54, 1.807) is 0 Å². The van der Waals surface area contributed by atoms with Crippen molar-refractivity contribution in [1.82, 2.24) is 0 Å². The van der Waals surface area contributed by atoms with Gasteiger partial charge in [-0.25, -0.2) is 0 Å². The molecule has 13 heavy (non-hydrogen) atoms. The summed E-state index contributed by atoms with van der Waals surface area (Å²) in [5.41, 5.74) is 0. The van der Waals surface area contributed by atoms with E-state index in [1.807, 2.05) is 0 Å². The van der Waals surface area contributed by atoms with Crippen LogP contribution in [-0.2, 0) is 0 Å². The molecule has 1 aliphatic carbocycles. The van der Waals surface area contributed by atoms with Crippen LogP contribution in [-0.4, -0.2) is 0 Å². The lowest BCUT2D eigenvalue weighted by molar-refractivity contribution is 0.301. The van der Waals surface area contributed by atoms with E-state index >= 15 is 0 Å². The number of hydrogen-bond acceptors (Lipinski definition) is 1. The Morgan fingerprint density at radius 2 is 1.92 bits per heavy atom. The van der Waals surface area contributed by atoms with Crippen molar-refractivity contribution in [3.63, 3.8) is 0 Å². The van der Waals surface area contributed by atoms with Gasteiger partial charge >= 0.3 is 0 Å². The molecule has 2 atom stereocenters. The lowest BCUT2D eigenvalue weighted by Gasteiger charge is -2.21. The van der Waals surface area contributed by atoms with Gasteiger partial charge in [-0.2, -0.15) is 5.26 Å². The first-order chi connectivity index (χ1) is 6.24. The summed E-state index contributed by atoms with van der Waals surface area (Å²) in [6.07, 6.45) is 7.71. The molecule has 0 spiro atoms. The van der Waals surface area contributed by atoms with Crippen molar-refractivity contribution in [2.24, 2.45) is 17.8 Å². The van der Waals surface area contributed by atoms with E-state index in [1.165, 1.54) is 32.1 Å². The Morgan fingerprint density at radius 1 is 1.31 bits per heavy atom. The third kappa shape index (κ3) is 3.38. The number of nitriles is 1. The quantitative estimate of drug-likeness (QED) is 0.644. The summed E-state index contributed by atoms with van der Waals surface area (Å²) in [7, 11) is 0. The molecule has 0 aromatic rings. The second-order valence-electron chi connectivity index (χ2n) is 4.72. The van der Waals surface area contributed by atoms with Gasteiger partial charge < -0.3 is 0 Å². The summed E-state index contributed by atoms with van der Waals surface area (Å²) in [5, 5.41) is 8.56. The highest BCUT2D eigenvalue weighted by Gasteiger charge is 2.22. The summed E-state index contributed by atoms with van der Waals surface area (Å²) >= 11 is 0. The van der Waals surface area contributed by atoms with E-state index in [9.17, 15) is 0 Å². The Morgan fingerprint density at radius 3 is 2.46 bits per heavy atom. The molecule has 1 saturated carbocycles. The van der Waals surface area contributed by atoms with Gasteiger partial charge in [-0.1, -0.05) is 39.5 Å². The van der Waals surface area contributed by atoms with Gasteiger partial charge in [0.25, 0.3) is 0 Å². The molecule has 0 heterocycles. The van der Waals surface area contributed by atoms with Crippen LogP contribution >= 0.6 is 0 Å². The van der Waals surface area contributed by atoms with E-state index in [-0.39, 0.29) is 0 Å². The van der Waals surface area contributed by atoms with Crippen LogP contribution in [0.1, 0.15) is 52.4 Å². The van der Waals surface area contributed by atoms with E-state index in [4.69, 9.17) is 5.26 Å². The smallest absolute Gasteiger partial charge is 0.0624 e. The monoisotopic (exact) mass is 179 g/mol. The Kier molecular flexibility index (Phi) is 4.28. The highest BCUT2D eigenvalue weighted by atomic mass is 14.3. The van der Waals surface area contributed by atoms with Gasteiger partial charge in [0.15, 0.2) is 0 Å². The molecular formula is C12H21N. The molecular weight excluding hydrogens is 158 g/mol. The van der Waals surface area contributed by atoms with Crippen molar-refractivity contribution in [3.8, 4) is 6.07 Å². The van der Waals surface area contributed by atoms with Crippen LogP contribution in [0.4, 0.5) is 0 Å².